The molecule has 72 valence electrons. The summed E-state index contributed by atoms with van der Waals surface area (Å²) in [7, 11) is 0. The fourth-order valence-corrected chi connectivity index (χ4v) is 2.18. The van der Waals surface area contributed by atoms with Crippen molar-refractivity contribution in [2.45, 2.75) is 5.88 Å². The highest BCUT2D eigenvalue weighted by Gasteiger charge is 2.08. The minimum absolute atomic E-state index is 0.375. The van der Waals surface area contributed by atoms with Crippen LogP contribution in [0.5, 0.6) is 0 Å². The first-order valence-corrected chi connectivity index (χ1v) is 5.52. The largest absolute Gasteiger partial charge is 0.263 e. The van der Waals surface area contributed by atoms with E-state index >= 15 is 0 Å². The van der Waals surface area contributed by atoms with E-state index in [4.69, 9.17) is 23.2 Å². The first-order chi connectivity index (χ1) is 6.81. The molecule has 6 heteroatoms. The van der Waals surface area contributed by atoms with Crippen molar-refractivity contribution in [1.82, 2.24) is 15.2 Å². The number of rotatable bonds is 2. The fourth-order valence-electron chi connectivity index (χ4n) is 0.965. The Kier molecular flexibility index (Phi) is 2.96. The summed E-state index contributed by atoms with van der Waals surface area (Å²) in [6, 6.07) is 1.81. The molecule has 2 aromatic rings. The highest BCUT2D eigenvalue weighted by Crippen LogP contribution is 2.29. The molecule has 2 aromatic heterocycles. The van der Waals surface area contributed by atoms with Gasteiger partial charge in [0, 0.05) is 18.0 Å². The van der Waals surface area contributed by atoms with Crippen LogP contribution in [0.1, 0.15) is 5.01 Å². The molecule has 0 atom stereocenters. The van der Waals surface area contributed by atoms with Crippen LogP contribution in [-0.4, -0.2) is 15.2 Å². The molecule has 0 bridgehead atoms. The van der Waals surface area contributed by atoms with Gasteiger partial charge in [-0.15, -0.1) is 21.8 Å². The number of alkyl halides is 1. The number of aromatic nitrogens is 3. The Balaban J connectivity index is 2.44. The highest BCUT2D eigenvalue weighted by molar-refractivity contribution is 7.14. The Morgan fingerprint density at radius 3 is 2.86 bits per heavy atom. The normalized spacial score (nSPS) is 10.4. The maximum absolute atomic E-state index is 5.95. The summed E-state index contributed by atoms with van der Waals surface area (Å²) in [5.41, 5.74) is 0.843. The summed E-state index contributed by atoms with van der Waals surface area (Å²) in [5.74, 6) is 0.375. The maximum Gasteiger partial charge on any atom is 0.149 e. The molecular weight excluding hydrogens is 241 g/mol. The topological polar surface area (TPSA) is 38.7 Å². The highest BCUT2D eigenvalue weighted by atomic mass is 35.5. The Hall–Kier alpha value is -0.710. The Bertz CT molecular complexity index is 444. The van der Waals surface area contributed by atoms with Gasteiger partial charge in [0.15, 0.2) is 0 Å². The summed E-state index contributed by atoms with van der Waals surface area (Å²) < 4.78 is 0. The van der Waals surface area contributed by atoms with Crippen LogP contribution in [0.4, 0.5) is 0 Å². The lowest BCUT2D eigenvalue weighted by atomic mass is 10.3. The monoisotopic (exact) mass is 245 g/mol. The minimum Gasteiger partial charge on any atom is -0.263 e. The number of hydrogen-bond acceptors (Lipinski definition) is 4. The lowest BCUT2D eigenvalue weighted by molar-refractivity contribution is 1.04. The quantitative estimate of drug-likeness (QED) is 0.764. The molecule has 0 amide bonds. The van der Waals surface area contributed by atoms with E-state index in [2.05, 4.69) is 15.2 Å². The maximum atomic E-state index is 5.95. The van der Waals surface area contributed by atoms with Gasteiger partial charge >= 0.3 is 0 Å². The lowest BCUT2D eigenvalue weighted by Crippen LogP contribution is -1.80. The summed E-state index contributed by atoms with van der Waals surface area (Å²) in [6.45, 7) is 0. The molecule has 0 unspecified atom stereocenters. The number of pyridine rings is 1. The smallest absolute Gasteiger partial charge is 0.149 e. The zero-order valence-corrected chi connectivity index (χ0v) is 9.27. The fraction of sp³-hybridized carbons (Fsp3) is 0.125. The average Bonchev–Trinajstić information content (AvgIpc) is 2.67. The summed E-state index contributed by atoms with van der Waals surface area (Å²) >= 11 is 13.0. The van der Waals surface area contributed by atoms with Crippen molar-refractivity contribution in [3.8, 4) is 10.6 Å². The van der Waals surface area contributed by atoms with Crippen molar-refractivity contribution in [2.24, 2.45) is 0 Å². The standard InChI is InChI=1S/C8H5Cl2N3S/c9-3-7-12-13-8(14-7)5-1-2-11-4-6(5)10/h1-2,4H,3H2. The lowest BCUT2D eigenvalue weighted by Gasteiger charge is -1.95. The van der Waals surface area contributed by atoms with E-state index in [1.54, 1.807) is 18.5 Å². The molecule has 0 spiro atoms. The molecule has 0 saturated carbocycles. The second-order valence-corrected chi connectivity index (χ2v) is 4.23. The van der Waals surface area contributed by atoms with Crippen LogP contribution < -0.4 is 0 Å². The van der Waals surface area contributed by atoms with Gasteiger partial charge in [-0.2, -0.15) is 0 Å². The van der Waals surface area contributed by atoms with Gasteiger partial charge in [0.05, 0.1) is 10.9 Å². The van der Waals surface area contributed by atoms with E-state index in [1.807, 2.05) is 0 Å². The van der Waals surface area contributed by atoms with Crippen LogP contribution >= 0.6 is 34.5 Å². The molecule has 2 rings (SSSR count). The van der Waals surface area contributed by atoms with Gasteiger partial charge < -0.3 is 0 Å². The van der Waals surface area contributed by atoms with E-state index in [0.717, 1.165) is 15.6 Å². The van der Waals surface area contributed by atoms with Crippen LogP contribution in [0.3, 0.4) is 0 Å². The Labute approximate surface area is 94.7 Å². The van der Waals surface area contributed by atoms with Crippen LogP contribution in [0, 0.1) is 0 Å². The van der Waals surface area contributed by atoms with E-state index < -0.39 is 0 Å². The molecule has 3 nitrogen and oxygen atoms in total. The third-order valence-electron chi connectivity index (χ3n) is 1.58. The Morgan fingerprint density at radius 1 is 1.36 bits per heavy atom. The molecule has 0 radical (unpaired) electrons. The Morgan fingerprint density at radius 2 is 2.21 bits per heavy atom. The third-order valence-corrected chi connectivity index (χ3v) is 3.25. The molecular formula is C8H5Cl2N3S. The number of hydrogen-bond donors (Lipinski definition) is 0. The molecule has 0 saturated heterocycles. The summed E-state index contributed by atoms with van der Waals surface area (Å²) in [5, 5.41) is 10.0. The van der Waals surface area contributed by atoms with Crippen molar-refractivity contribution in [2.75, 3.05) is 0 Å². The SMILES string of the molecule is ClCc1nnc(-c2ccncc2Cl)s1. The predicted molar refractivity (Wildman–Crippen MR) is 57.7 cm³/mol. The van der Waals surface area contributed by atoms with Crippen molar-refractivity contribution < 1.29 is 0 Å². The van der Waals surface area contributed by atoms with Gasteiger partial charge in [-0.1, -0.05) is 22.9 Å². The van der Waals surface area contributed by atoms with Gasteiger partial charge in [-0.05, 0) is 6.07 Å². The molecule has 14 heavy (non-hydrogen) atoms. The van der Waals surface area contributed by atoms with E-state index in [-0.39, 0.29) is 0 Å². The first kappa shape index (κ1) is 9.83. The molecule has 0 aliphatic carbocycles. The minimum atomic E-state index is 0.375. The second-order valence-electron chi connectivity index (χ2n) is 2.49. The molecule has 0 aromatic carbocycles. The van der Waals surface area contributed by atoms with Gasteiger partial charge in [-0.25, -0.2) is 0 Å². The zero-order valence-electron chi connectivity index (χ0n) is 6.94. The van der Waals surface area contributed by atoms with Crippen molar-refractivity contribution in [3.05, 3.63) is 28.5 Å². The van der Waals surface area contributed by atoms with E-state index in [1.165, 1.54) is 11.3 Å². The van der Waals surface area contributed by atoms with Crippen molar-refractivity contribution in [1.29, 1.82) is 0 Å². The van der Waals surface area contributed by atoms with E-state index in [9.17, 15) is 0 Å². The van der Waals surface area contributed by atoms with E-state index in [0.29, 0.717) is 10.9 Å². The number of nitrogens with zero attached hydrogens (tertiary/aromatic N) is 3. The first-order valence-electron chi connectivity index (χ1n) is 3.79. The van der Waals surface area contributed by atoms with Crippen LogP contribution in [0.2, 0.25) is 5.02 Å². The second kappa shape index (κ2) is 4.21. The van der Waals surface area contributed by atoms with Crippen LogP contribution in [0.25, 0.3) is 10.6 Å². The molecule has 2 heterocycles. The van der Waals surface area contributed by atoms with Gasteiger partial charge in [-0.3, -0.25) is 4.98 Å². The number of halogens is 2. The van der Waals surface area contributed by atoms with Crippen molar-refractivity contribution >= 4 is 34.5 Å². The zero-order chi connectivity index (χ0) is 9.97. The molecule has 0 fully saturated rings. The third kappa shape index (κ3) is 1.87. The van der Waals surface area contributed by atoms with Gasteiger partial charge in [0.2, 0.25) is 0 Å². The van der Waals surface area contributed by atoms with Gasteiger partial charge in [0.1, 0.15) is 10.0 Å². The molecule has 0 aliphatic heterocycles. The summed E-state index contributed by atoms with van der Waals surface area (Å²) in [4.78, 5) is 3.90. The van der Waals surface area contributed by atoms with Crippen LogP contribution in [-0.2, 0) is 5.88 Å². The predicted octanol–water partition coefficient (Wildman–Crippen LogP) is 2.99. The van der Waals surface area contributed by atoms with Crippen LogP contribution in [0.15, 0.2) is 18.5 Å². The summed E-state index contributed by atoms with van der Waals surface area (Å²) in [6.07, 6.45) is 3.25. The van der Waals surface area contributed by atoms with Crippen molar-refractivity contribution in [3.63, 3.8) is 0 Å². The molecule has 0 aliphatic rings. The average molecular weight is 246 g/mol. The molecule has 0 N–H and O–H groups in total. The van der Waals surface area contributed by atoms with Gasteiger partial charge in [0.25, 0.3) is 0 Å².